The van der Waals surface area contributed by atoms with E-state index < -0.39 is 22.8 Å². The van der Waals surface area contributed by atoms with Crippen LogP contribution in [-0.2, 0) is 5.85 Å². The van der Waals surface area contributed by atoms with Gasteiger partial charge in [-0.3, -0.25) is 10.1 Å². The molecule has 1 atom stereocenters. The van der Waals surface area contributed by atoms with Gasteiger partial charge in [0.05, 0.1) is 4.92 Å². The summed E-state index contributed by atoms with van der Waals surface area (Å²) in [4.78, 5) is 10.0. The third-order valence-corrected chi connectivity index (χ3v) is 3.46. The summed E-state index contributed by atoms with van der Waals surface area (Å²) in [7, 11) is 0. The molecule has 96 valence electrons. The predicted molar refractivity (Wildman–Crippen MR) is 59.5 cm³/mol. The summed E-state index contributed by atoms with van der Waals surface area (Å²) in [6.07, 6.45) is -3.63. The zero-order valence-electron chi connectivity index (χ0n) is 8.64. The van der Waals surface area contributed by atoms with E-state index >= 15 is 0 Å². The van der Waals surface area contributed by atoms with Crippen molar-refractivity contribution in [1.29, 1.82) is 0 Å². The van der Waals surface area contributed by atoms with Gasteiger partial charge in [-0.05, 0) is 0 Å². The van der Waals surface area contributed by atoms with Crippen molar-refractivity contribution < 1.29 is 23.2 Å². The van der Waals surface area contributed by atoms with Crippen LogP contribution in [0.15, 0.2) is 23.6 Å². The molecule has 8 heteroatoms. The Bertz CT molecular complexity index is 611. The third kappa shape index (κ3) is 1.83. The molecular formula is C10H6F3NO3S. The number of alkyl halides is 3. The molecule has 1 aromatic heterocycles. The highest BCUT2D eigenvalue weighted by atomic mass is 32.1. The Balaban J connectivity index is 2.70. The summed E-state index contributed by atoms with van der Waals surface area (Å²) in [5, 5.41) is 20.7. The number of aliphatic hydroxyl groups is 1. The number of thiophene rings is 1. The number of hydrogen-bond acceptors (Lipinski definition) is 4. The van der Waals surface area contributed by atoms with Gasteiger partial charge in [-0.1, -0.05) is 12.1 Å². The van der Waals surface area contributed by atoms with Gasteiger partial charge in [-0.25, -0.2) is 13.2 Å². The van der Waals surface area contributed by atoms with Crippen LogP contribution >= 0.6 is 11.3 Å². The summed E-state index contributed by atoms with van der Waals surface area (Å²) in [6, 6.07) is 3.68. The molecule has 0 aliphatic rings. The Labute approximate surface area is 102 Å². The van der Waals surface area contributed by atoms with E-state index in [2.05, 4.69) is 0 Å². The number of nitrogens with zero attached hydrogens (tertiary/aromatic N) is 1. The summed E-state index contributed by atoms with van der Waals surface area (Å²) in [6.45, 7) is 0. The number of fused-ring (bicyclic) bond motifs is 1. The van der Waals surface area contributed by atoms with Crippen molar-refractivity contribution >= 4 is 27.1 Å². The molecule has 4 nitrogen and oxygen atoms in total. The van der Waals surface area contributed by atoms with E-state index in [1.54, 1.807) is 0 Å². The molecule has 0 radical (unpaired) electrons. The highest BCUT2D eigenvalue weighted by Crippen LogP contribution is 2.41. The van der Waals surface area contributed by atoms with Crippen molar-refractivity contribution in [2.45, 2.75) is 12.3 Å². The highest BCUT2D eigenvalue weighted by Gasteiger charge is 2.42. The van der Waals surface area contributed by atoms with Crippen LogP contribution in [-0.4, -0.2) is 16.5 Å². The van der Waals surface area contributed by atoms with Crippen LogP contribution in [0.2, 0.25) is 0 Å². The smallest absolute Gasteiger partial charge is 0.300 e. The minimum absolute atomic E-state index is 0.0502. The minimum atomic E-state index is -3.81. The molecule has 18 heavy (non-hydrogen) atoms. The summed E-state index contributed by atoms with van der Waals surface area (Å²) in [5.41, 5.74) is -0.963. The fourth-order valence-corrected chi connectivity index (χ4v) is 2.67. The van der Waals surface area contributed by atoms with Crippen LogP contribution in [0.1, 0.15) is 5.56 Å². The fraction of sp³-hybridized carbons (Fsp3) is 0.200. The standard InChI is InChI=1S/C10H6F3NO3S/c11-9(12)10(13,15)6-4-18-8-5(6)2-1-3-7(8)14(16)17/h1-4,9,15H. The van der Waals surface area contributed by atoms with Crippen molar-refractivity contribution in [2.24, 2.45) is 0 Å². The van der Waals surface area contributed by atoms with Crippen LogP contribution < -0.4 is 0 Å². The van der Waals surface area contributed by atoms with Gasteiger partial charge in [-0.2, -0.15) is 0 Å². The first kappa shape index (κ1) is 12.8. The molecule has 2 rings (SSSR count). The largest absolute Gasteiger partial charge is 0.354 e. The van der Waals surface area contributed by atoms with Crippen molar-refractivity contribution in [2.75, 3.05) is 0 Å². The number of rotatable bonds is 3. The lowest BCUT2D eigenvalue weighted by atomic mass is 10.1. The predicted octanol–water partition coefficient (Wildman–Crippen LogP) is 3.19. The maximum Gasteiger partial charge on any atom is 0.300 e. The summed E-state index contributed by atoms with van der Waals surface area (Å²) in [5.74, 6) is -3.81. The van der Waals surface area contributed by atoms with Gasteiger partial charge in [-0.15, -0.1) is 11.3 Å². The van der Waals surface area contributed by atoms with Gasteiger partial charge >= 0.3 is 6.43 Å². The SMILES string of the molecule is O=[N+]([O-])c1cccc2c(C(O)(F)C(F)F)csc12. The molecule has 0 saturated carbocycles. The summed E-state index contributed by atoms with van der Waals surface area (Å²) >= 11 is 0.738. The zero-order valence-corrected chi connectivity index (χ0v) is 9.46. The van der Waals surface area contributed by atoms with E-state index in [9.17, 15) is 23.3 Å². The van der Waals surface area contributed by atoms with Crippen LogP contribution in [0.3, 0.4) is 0 Å². The molecule has 0 amide bonds. The van der Waals surface area contributed by atoms with Crippen molar-refractivity contribution in [3.05, 3.63) is 39.3 Å². The quantitative estimate of drug-likeness (QED) is 0.692. The lowest BCUT2D eigenvalue weighted by molar-refractivity contribution is -0.382. The van der Waals surface area contributed by atoms with Crippen molar-refractivity contribution in [1.82, 2.24) is 0 Å². The molecule has 2 aromatic rings. The Hall–Kier alpha value is -1.67. The van der Waals surface area contributed by atoms with E-state index in [0.29, 0.717) is 0 Å². The van der Waals surface area contributed by atoms with E-state index in [-0.39, 0.29) is 15.8 Å². The summed E-state index contributed by atoms with van der Waals surface area (Å²) < 4.78 is 38.4. The van der Waals surface area contributed by atoms with E-state index in [1.807, 2.05) is 0 Å². The van der Waals surface area contributed by atoms with Crippen LogP contribution in [0, 0.1) is 10.1 Å². The topological polar surface area (TPSA) is 63.4 Å². The third-order valence-electron chi connectivity index (χ3n) is 2.44. The Morgan fingerprint density at radius 2 is 2.11 bits per heavy atom. The van der Waals surface area contributed by atoms with Crippen LogP contribution in [0.25, 0.3) is 10.1 Å². The molecule has 0 aliphatic heterocycles. The van der Waals surface area contributed by atoms with Gasteiger partial charge in [0.2, 0.25) is 0 Å². The minimum Gasteiger partial charge on any atom is -0.354 e. The maximum absolute atomic E-state index is 13.5. The Morgan fingerprint density at radius 3 is 2.67 bits per heavy atom. The van der Waals surface area contributed by atoms with Crippen molar-refractivity contribution in [3.63, 3.8) is 0 Å². The molecule has 1 N–H and O–H groups in total. The highest BCUT2D eigenvalue weighted by molar-refractivity contribution is 7.18. The lowest BCUT2D eigenvalue weighted by Crippen LogP contribution is -2.28. The molecule has 1 aromatic carbocycles. The van der Waals surface area contributed by atoms with Gasteiger partial charge in [0.15, 0.2) is 0 Å². The molecule has 0 spiro atoms. The van der Waals surface area contributed by atoms with E-state index in [0.717, 1.165) is 16.7 Å². The molecule has 0 saturated heterocycles. The zero-order chi connectivity index (χ0) is 13.5. The molecular weight excluding hydrogens is 271 g/mol. The number of nitro benzene ring substituents is 1. The Morgan fingerprint density at radius 1 is 1.44 bits per heavy atom. The monoisotopic (exact) mass is 277 g/mol. The maximum atomic E-state index is 13.5. The molecule has 1 unspecified atom stereocenters. The van der Waals surface area contributed by atoms with Crippen LogP contribution in [0.5, 0.6) is 0 Å². The number of halogens is 3. The van der Waals surface area contributed by atoms with Crippen LogP contribution in [0.4, 0.5) is 18.9 Å². The number of non-ortho nitro benzene ring substituents is 1. The number of nitro groups is 1. The van der Waals surface area contributed by atoms with Gasteiger partial charge in [0, 0.05) is 22.4 Å². The van der Waals surface area contributed by atoms with E-state index in [1.165, 1.54) is 18.2 Å². The average Bonchev–Trinajstić information content (AvgIpc) is 2.72. The second-order valence-corrected chi connectivity index (χ2v) is 4.41. The van der Waals surface area contributed by atoms with E-state index in [4.69, 9.17) is 5.11 Å². The van der Waals surface area contributed by atoms with Gasteiger partial charge < -0.3 is 5.11 Å². The lowest BCUT2D eigenvalue weighted by Gasteiger charge is -2.16. The number of benzene rings is 1. The molecule has 1 heterocycles. The normalized spacial score (nSPS) is 14.9. The second-order valence-electron chi connectivity index (χ2n) is 3.53. The molecule has 0 bridgehead atoms. The first-order valence-corrected chi connectivity index (χ1v) is 5.58. The Kier molecular flexibility index (Phi) is 2.99. The number of hydrogen-bond donors (Lipinski definition) is 1. The first-order valence-electron chi connectivity index (χ1n) is 4.70. The van der Waals surface area contributed by atoms with Gasteiger partial charge in [0.25, 0.3) is 11.5 Å². The second kappa shape index (κ2) is 4.21. The van der Waals surface area contributed by atoms with Crippen molar-refractivity contribution in [3.8, 4) is 0 Å². The fourth-order valence-electron chi connectivity index (χ4n) is 1.57. The first-order chi connectivity index (χ1) is 8.35. The molecule has 0 aliphatic carbocycles. The average molecular weight is 277 g/mol. The van der Waals surface area contributed by atoms with Gasteiger partial charge in [0.1, 0.15) is 4.70 Å². The molecule has 0 fully saturated rings.